The molecule has 1 fully saturated rings. The molecule has 1 unspecified atom stereocenters. The van der Waals surface area contributed by atoms with Crippen LogP contribution in [0.5, 0.6) is 0 Å². The second kappa shape index (κ2) is 10.1. The minimum absolute atomic E-state index is 0.0498. The lowest BCUT2D eigenvalue weighted by atomic mass is 9.56. The van der Waals surface area contributed by atoms with Crippen molar-refractivity contribution in [2.45, 2.75) is 55.3 Å². The Balaban J connectivity index is 1.44. The van der Waals surface area contributed by atoms with E-state index in [0.717, 1.165) is 29.6 Å². The molecule has 2 aliphatic rings. The van der Waals surface area contributed by atoms with Gasteiger partial charge in [-0.05, 0) is 99.0 Å². The second-order valence-corrected chi connectivity index (χ2v) is 13.5. The number of carbonyl (C=O) groups is 1. The zero-order valence-corrected chi connectivity index (χ0v) is 23.4. The summed E-state index contributed by atoms with van der Waals surface area (Å²) in [6, 6.07) is 13.9. The number of pyridine rings is 1. The fourth-order valence-electron chi connectivity index (χ4n) is 6.53. The van der Waals surface area contributed by atoms with Crippen LogP contribution in [0.4, 0.5) is 17.6 Å². The van der Waals surface area contributed by atoms with Crippen molar-refractivity contribution in [2.24, 2.45) is 11.3 Å². The fourth-order valence-corrected chi connectivity index (χ4v) is 8.40. The number of alkyl halides is 3. The molecule has 11 heteroatoms. The predicted molar refractivity (Wildman–Crippen MR) is 146 cm³/mol. The Morgan fingerprint density at radius 3 is 2.43 bits per heavy atom. The third-order valence-corrected chi connectivity index (χ3v) is 11.0. The van der Waals surface area contributed by atoms with E-state index < -0.39 is 43.8 Å². The van der Waals surface area contributed by atoms with Crippen LogP contribution in [0.25, 0.3) is 5.69 Å². The molecule has 0 N–H and O–H groups in total. The lowest BCUT2D eigenvalue weighted by Crippen LogP contribution is -2.51. The number of Topliss-reactive ketones (excluding diaryl/α,β-unsaturated/α-hetero) is 1. The zero-order valence-electron chi connectivity index (χ0n) is 22.6. The molecule has 0 saturated heterocycles. The molecular formula is C31H27F4N3O3S. The summed E-state index contributed by atoms with van der Waals surface area (Å²) in [7, 11) is -3.84. The van der Waals surface area contributed by atoms with Crippen LogP contribution in [-0.2, 0) is 28.9 Å². The van der Waals surface area contributed by atoms with Gasteiger partial charge in [-0.25, -0.2) is 17.5 Å². The largest absolute Gasteiger partial charge is 0.416 e. The first-order chi connectivity index (χ1) is 19.9. The highest BCUT2D eigenvalue weighted by Crippen LogP contribution is 2.53. The van der Waals surface area contributed by atoms with Crippen molar-refractivity contribution in [1.29, 1.82) is 0 Å². The Hall–Kier alpha value is -3.86. The molecule has 6 nitrogen and oxygen atoms in total. The topological polar surface area (TPSA) is 81.9 Å². The van der Waals surface area contributed by atoms with E-state index in [2.05, 4.69) is 10.1 Å². The highest BCUT2D eigenvalue weighted by molar-refractivity contribution is 7.92. The molecule has 2 aromatic heterocycles. The van der Waals surface area contributed by atoms with E-state index in [0.29, 0.717) is 30.5 Å². The summed E-state index contributed by atoms with van der Waals surface area (Å²) in [6.07, 6.45) is -1.03. The van der Waals surface area contributed by atoms with E-state index in [1.807, 2.05) is 6.92 Å². The van der Waals surface area contributed by atoms with Gasteiger partial charge in [-0.15, -0.1) is 0 Å². The molecule has 2 aromatic carbocycles. The average Bonchev–Trinajstić information content (AvgIpc) is 3.37. The Morgan fingerprint density at radius 2 is 1.74 bits per heavy atom. The Morgan fingerprint density at radius 1 is 1.02 bits per heavy atom. The maximum Gasteiger partial charge on any atom is 0.416 e. The third kappa shape index (κ3) is 4.83. The standard InChI is InChI=1S/C31H27F4N3O3S/c1-19-2-9-25(10-3-19)42(40,41)26-11-4-21-15-28-20(18-37-38(28)24-7-5-23(32)6-8-24)16-30(21,17-26)29(39)27-14-22(12-13-36-27)31(33,34)35/h2-3,5-10,12-14,18,21,26H,4,11,15-17H2,1H3/t21?,26-,30-/m0/s1. The molecule has 0 spiro atoms. The van der Waals surface area contributed by atoms with Crippen LogP contribution in [0.15, 0.2) is 78.0 Å². The van der Waals surface area contributed by atoms with Crippen LogP contribution < -0.4 is 0 Å². The highest BCUT2D eigenvalue weighted by atomic mass is 32.2. The van der Waals surface area contributed by atoms with Gasteiger partial charge >= 0.3 is 6.18 Å². The molecule has 4 aromatic rings. The molecule has 2 aliphatic carbocycles. The van der Waals surface area contributed by atoms with E-state index in [1.165, 1.54) is 12.1 Å². The van der Waals surface area contributed by atoms with Crippen LogP contribution in [0, 0.1) is 24.1 Å². The number of sulfone groups is 1. The number of aromatic nitrogens is 3. The summed E-state index contributed by atoms with van der Waals surface area (Å²) in [6.45, 7) is 1.85. The number of ketones is 1. The quantitative estimate of drug-likeness (QED) is 0.198. The van der Waals surface area contributed by atoms with Crippen molar-refractivity contribution in [3.63, 3.8) is 0 Å². The number of aryl methyl sites for hydroxylation is 1. The lowest BCUT2D eigenvalue weighted by molar-refractivity contribution is -0.137. The normalized spacial score (nSPS) is 22.3. The number of rotatable bonds is 5. The summed E-state index contributed by atoms with van der Waals surface area (Å²) in [5.74, 6) is -1.36. The smallest absolute Gasteiger partial charge is 0.292 e. The van der Waals surface area contributed by atoms with Crippen molar-refractivity contribution in [3.05, 3.63) is 107 Å². The van der Waals surface area contributed by atoms with Crippen molar-refractivity contribution >= 4 is 15.6 Å². The summed E-state index contributed by atoms with van der Waals surface area (Å²) < 4.78 is 83.6. The number of fused-ring (bicyclic) bond motifs is 2. The maximum absolute atomic E-state index is 14.3. The van der Waals surface area contributed by atoms with Gasteiger partial charge in [0.05, 0.1) is 27.6 Å². The van der Waals surface area contributed by atoms with Gasteiger partial charge in [-0.3, -0.25) is 9.78 Å². The number of halogens is 4. The van der Waals surface area contributed by atoms with Gasteiger partial charge in [0.1, 0.15) is 11.5 Å². The van der Waals surface area contributed by atoms with Crippen molar-refractivity contribution in [3.8, 4) is 5.69 Å². The number of nitrogens with zero attached hydrogens (tertiary/aromatic N) is 3. The molecule has 0 amide bonds. The molecule has 6 rings (SSSR count). The molecule has 0 aliphatic heterocycles. The molecule has 1 saturated carbocycles. The summed E-state index contributed by atoms with van der Waals surface area (Å²) in [5, 5.41) is 3.59. The molecule has 218 valence electrons. The van der Waals surface area contributed by atoms with E-state index >= 15 is 0 Å². The van der Waals surface area contributed by atoms with Crippen LogP contribution in [0.3, 0.4) is 0 Å². The number of carbonyl (C=O) groups excluding carboxylic acids is 1. The number of hydrogen-bond acceptors (Lipinski definition) is 5. The third-order valence-electron chi connectivity index (χ3n) is 8.74. The number of benzene rings is 2. The fraction of sp³-hybridized carbons (Fsp3) is 0.323. The van der Waals surface area contributed by atoms with Gasteiger partial charge in [0.15, 0.2) is 15.6 Å². The molecule has 0 bridgehead atoms. The molecule has 3 atom stereocenters. The van der Waals surface area contributed by atoms with Crippen LogP contribution >= 0.6 is 0 Å². The van der Waals surface area contributed by atoms with Gasteiger partial charge < -0.3 is 0 Å². The number of hydrogen-bond donors (Lipinski definition) is 0. The molecule has 2 heterocycles. The first-order valence-electron chi connectivity index (χ1n) is 13.6. The van der Waals surface area contributed by atoms with Crippen molar-refractivity contribution in [1.82, 2.24) is 14.8 Å². The Kier molecular flexibility index (Phi) is 6.83. The van der Waals surface area contributed by atoms with E-state index in [9.17, 15) is 30.8 Å². The molecular weight excluding hydrogens is 570 g/mol. The van der Waals surface area contributed by atoms with Gasteiger partial charge in [0.25, 0.3) is 0 Å². The molecule has 42 heavy (non-hydrogen) atoms. The van der Waals surface area contributed by atoms with E-state index in [1.54, 1.807) is 47.3 Å². The minimum atomic E-state index is -4.67. The Labute approximate surface area is 240 Å². The van der Waals surface area contributed by atoms with Gasteiger partial charge in [0, 0.05) is 17.3 Å². The van der Waals surface area contributed by atoms with Gasteiger partial charge in [-0.2, -0.15) is 18.3 Å². The zero-order chi connectivity index (χ0) is 29.9. The first-order valence-corrected chi connectivity index (χ1v) is 15.1. The second-order valence-electron chi connectivity index (χ2n) is 11.3. The minimum Gasteiger partial charge on any atom is -0.292 e. The summed E-state index contributed by atoms with van der Waals surface area (Å²) in [4.78, 5) is 18.5. The van der Waals surface area contributed by atoms with Crippen LogP contribution in [0.1, 0.15) is 52.1 Å². The van der Waals surface area contributed by atoms with E-state index in [-0.39, 0.29) is 29.3 Å². The van der Waals surface area contributed by atoms with E-state index in [4.69, 9.17) is 0 Å². The van der Waals surface area contributed by atoms with Gasteiger partial charge in [-0.1, -0.05) is 17.7 Å². The first kappa shape index (κ1) is 28.3. The monoisotopic (exact) mass is 597 g/mol. The van der Waals surface area contributed by atoms with Gasteiger partial charge in [0.2, 0.25) is 0 Å². The predicted octanol–water partition coefficient (Wildman–Crippen LogP) is 6.34. The summed E-state index contributed by atoms with van der Waals surface area (Å²) in [5.41, 5.74) is 0.411. The average molecular weight is 598 g/mol. The highest BCUT2D eigenvalue weighted by Gasteiger charge is 2.55. The van der Waals surface area contributed by atoms with Crippen LogP contribution in [-0.4, -0.2) is 34.2 Å². The maximum atomic E-state index is 14.3. The van der Waals surface area contributed by atoms with Crippen molar-refractivity contribution in [2.75, 3.05) is 0 Å². The lowest BCUT2D eigenvalue weighted by Gasteiger charge is -2.48. The van der Waals surface area contributed by atoms with Crippen LogP contribution in [0.2, 0.25) is 0 Å². The summed E-state index contributed by atoms with van der Waals surface area (Å²) >= 11 is 0. The Bertz CT molecular complexity index is 1770. The molecule has 0 radical (unpaired) electrons. The SMILES string of the molecule is Cc1ccc(S(=O)(=O)[C@H]2CCC3Cc4c(cnn4-c4ccc(F)cc4)C[C@]3(C(=O)c3cc(C(F)(F)F)ccn3)C2)cc1. The van der Waals surface area contributed by atoms with Crippen molar-refractivity contribution < 1.29 is 30.8 Å².